The number of aliphatic hydroxyl groups is 3. The summed E-state index contributed by atoms with van der Waals surface area (Å²) < 4.78 is 19.0. The maximum Gasteiger partial charge on any atom is 1.00 e. The first-order valence-electron chi connectivity index (χ1n) is 4.36. The van der Waals surface area contributed by atoms with Gasteiger partial charge in [-0.3, -0.25) is 4.57 Å². The first-order valence-corrected chi connectivity index (χ1v) is 5.85. The van der Waals surface area contributed by atoms with Gasteiger partial charge in [0, 0.05) is 0 Å². The van der Waals surface area contributed by atoms with Crippen molar-refractivity contribution in [2.24, 2.45) is 5.73 Å². The molecule has 17 heavy (non-hydrogen) atoms. The molecule has 0 aromatic rings. The van der Waals surface area contributed by atoms with Gasteiger partial charge in [0.2, 0.25) is 0 Å². The third kappa shape index (κ3) is 5.19. The minimum atomic E-state index is -4.95. The molecule has 4 unspecified atom stereocenters. The smallest absolute Gasteiger partial charge is 0.756 e. The number of rotatable bonds is 3. The Morgan fingerprint density at radius 2 is 1.88 bits per heavy atom. The molecule has 9 nitrogen and oxygen atoms in total. The van der Waals surface area contributed by atoms with Crippen LogP contribution in [0.1, 0.15) is 0 Å². The topological polar surface area (TPSA) is 166 Å². The van der Waals surface area contributed by atoms with Crippen LogP contribution in [0.15, 0.2) is 0 Å². The van der Waals surface area contributed by atoms with Gasteiger partial charge in [-0.25, -0.2) is 0 Å². The first-order chi connectivity index (χ1) is 7.22. The Labute approximate surface area is 119 Å². The maximum absolute atomic E-state index is 10.3. The summed E-state index contributed by atoms with van der Waals surface area (Å²) in [6.45, 7) is -0.737. The van der Waals surface area contributed by atoms with E-state index >= 15 is 0 Å². The molecule has 0 amide bonds. The van der Waals surface area contributed by atoms with Gasteiger partial charge in [-0.05, 0) is 0 Å². The number of phosphoric acid groups is 1. The van der Waals surface area contributed by atoms with Crippen LogP contribution < -0.4 is 40.2 Å². The number of aliphatic hydroxyl groups excluding tert-OH is 3. The first kappa shape index (κ1) is 17.9. The molecule has 1 rings (SSSR count). The standard InChI is InChI=1S/C6H14NO8P.Na/c7-3-5(9)4(8)2(15-6(3)10)1-14-16(11,12)13;/h2-6,8-10H,1,7H2,(H2,11,12,13);/q;+1/p-1/t2?,3?,4-,5+,6?;/m1./s1. The van der Waals surface area contributed by atoms with Crippen LogP contribution in [0.3, 0.4) is 0 Å². The molecule has 0 aromatic heterocycles. The summed E-state index contributed by atoms with van der Waals surface area (Å²) in [5.74, 6) is 0. The normalized spacial score (nSPS) is 41.4. The van der Waals surface area contributed by atoms with Crippen molar-refractivity contribution in [3.05, 3.63) is 0 Å². The van der Waals surface area contributed by atoms with E-state index in [1.54, 1.807) is 0 Å². The van der Waals surface area contributed by atoms with Gasteiger partial charge >= 0.3 is 29.6 Å². The van der Waals surface area contributed by atoms with Crippen molar-refractivity contribution in [2.45, 2.75) is 30.6 Å². The van der Waals surface area contributed by atoms with Crippen LogP contribution in [0.4, 0.5) is 0 Å². The summed E-state index contributed by atoms with van der Waals surface area (Å²) in [5.41, 5.74) is 5.26. The van der Waals surface area contributed by atoms with Crippen LogP contribution >= 0.6 is 7.82 Å². The molecule has 1 aliphatic heterocycles. The third-order valence-electron chi connectivity index (χ3n) is 2.17. The zero-order valence-electron chi connectivity index (χ0n) is 9.04. The maximum atomic E-state index is 10.3. The number of ether oxygens (including phenoxy) is 1. The Morgan fingerprint density at radius 1 is 1.35 bits per heavy atom. The molecule has 1 heterocycles. The third-order valence-corrected chi connectivity index (χ3v) is 2.65. The molecule has 6 N–H and O–H groups in total. The van der Waals surface area contributed by atoms with Crippen LogP contribution in [-0.4, -0.2) is 57.5 Å². The molecule has 96 valence electrons. The second-order valence-electron chi connectivity index (χ2n) is 3.39. The largest absolute Gasteiger partial charge is 1.00 e. The van der Waals surface area contributed by atoms with Crippen LogP contribution in [0.25, 0.3) is 0 Å². The zero-order valence-corrected chi connectivity index (χ0v) is 11.9. The molecule has 0 saturated carbocycles. The minimum Gasteiger partial charge on any atom is -0.756 e. The summed E-state index contributed by atoms with van der Waals surface area (Å²) in [5, 5.41) is 27.9. The predicted molar refractivity (Wildman–Crippen MR) is 46.6 cm³/mol. The Morgan fingerprint density at radius 3 is 2.35 bits per heavy atom. The van der Waals surface area contributed by atoms with Crippen molar-refractivity contribution in [1.29, 1.82) is 0 Å². The van der Waals surface area contributed by atoms with Gasteiger partial charge in [0.25, 0.3) is 7.82 Å². The Kier molecular flexibility index (Phi) is 7.27. The molecule has 0 aromatic carbocycles. The van der Waals surface area contributed by atoms with Crippen molar-refractivity contribution in [2.75, 3.05) is 6.61 Å². The van der Waals surface area contributed by atoms with Gasteiger partial charge in [0.1, 0.15) is 18.3 Å². The molecule has 0 radical (unpaired) electrons. The average Bonchev–Trinajstić information content (AvgIpc) is 2.17. The number of hydrogen-bond donors (Lipinski definition) is 5. The molecular weight excluding hydrogens is 268 g/mol. The average molecular weight is 281 g/mol. The summed E-state index contributed by atoms with van der Waals surface area (Å²) >= 11 is 0. The Bertz CT molecular complexity index is 287. The van der Waals surface area contributed by atoms with Gasteiger partial charge < -0.3 is 40.1 Å². The van der Waals surface area contributed by atoms with Crippen molar-refractivity contribution in [3.8, 4) is 0 Å². The van der Waals surface area contributed by atoms with E-state index in [9.17, 15) is 24.8 Å². The van der Waals surface area contributed by atoms with Crippen LogP contribution in [0.2, 0.25) is 0 Å². The van der Waals surface area contributed by atoms with E-state index in [-0.39, 0.29) is 29.6 Å². The SMILES string of the molecule is NC1C(O)OC(COP(=O)([O-])O)[C@@H](O)[C@H]1O.[Na+]. The van der Waals surface area contributed by atoms with Gasteiger partial charge in [-0.2, -0.15) is 0 Å². The monoisotopic (exact) mass is 281 g/mol. The zero-order chi connectivity index (χ0) is 12.5. The molecule has 6 atom stereocenters. The van der Waals surface area contributed by atoms with Crippen LogP contribution in [-0.2, 0) is 13.8 Å². The van der Waals surface area contributed by atoms with Crippen molar-refractivity contribution in [1.82, 2.24) is 0 Å². The van der Waals surface area contributed by atoms with E-state index in [1.807, 2.05) is 0 Å². The second-order valence-corrected chi connectivity index (χ2v) is 4.58. The molecule has 0 spiro atoms. The van der Waals surface area contributed by atoms with Gasteiger partial charge in [0.05, 0.1) is 12.6 Å². The quantitative estimate of drug-likeness (QED) is 0.249. The number of nitrogens with two attached hydrogens (primary N) is 1. The molecule has 11 heteroatoms. The van der Waals surface area contributed by atoms with E-state index in [0.717, 1.165) is 0 Å². The van der Waals surface area contributed by atoms with E-state index in [0.29, 0.717) is 0 Å². The van der Waals surface area contributed by atoms with E-state index in [1.165, 1.54) is 0 Å². The molecule has 0 bridgehead atoms. The summed E-state index contributed by atoms with van der Waals surface area (Å²) in [6.07, 6.45) is -5.87. The molecule has 1 saturated heterocycles. The summed E-state index contributed by atoms with van der Waals surface area (Å²) in [7, 11) is -4.95. The minimum absolute atomic E-state index is 0. The van der Waals surface area contributed by atoms with Gasteiger partial charge in [0.15, 0.2) is 6.29 Å². The van der Waals surface area contributed by atoms with Gasteiger partial charge in [-0.15, -0.1) is 0 Å². The van der Waals surface area contributed by atoms with E-state index < -0.39 is 45.1 Å². The fourth-order valence-electron chi connectivity index (χ4n) is 1.27. The van der Waals surface area contributed by atoms with Gasteiger partial charge in [-0.1, -0.05) is 0 Å². The predicted octanol–water partition coefficient (Wildman–Crippen LogP) is -6.77. The molecular formula is C6H13NNaO8P. The Balaban J connectivity index is 0.00000256. The molecule has 0 aliphatic carbocycles. The summed E-state index contributed by atoms with van der Waals surface area (Å²) in [6, 6.07) is -1.21. The second kappa shape index (κ2) is 6.90. The number of phosphoric ester groups is 1. The summed E-state index contributed by atoms with van der Waals surface area (Å²) in [4.78, 5) is 18.6. The van der Waals surface area contributed by atoms with E-state index in [2.05, 4.69) is 4.52 Å². The van der Waals surface area contributed by atoms with Crippen LogP contribution in [0.5, 0.6) is 0 Å². The Hall–Kier alpha value is 0.910. The van der Waals surface area contributed by atoms with Crippen molar-refractivity contribution in [3.63, 3.8) is 0 Å². The molecule has 1 aliphatic rings. The fourth-order valence-corrected chi connectivity index (χ4v) is 1.61. The van der Waals surface area contributed by atoms with E-state index in [4.69, 9.17) is 15.4 Å². The van der Waals surface area contributed by atoms with Crippen LogP contribution in [0, 0.1) is 0 Å². The van der Waals surface area contributed by atoms with Crippen molar-refractivity contribution >= 4 is 7.82 Å². The van der Waals surface area contributed by atoms with Crippen molar-refractivity contribution < 1.29 is 68.5 Å². The fraction of sp³-hybridized carbons (Fsp3) is 1.00. The number of hydrogen-bond acceptors (Lipinski definition) is 8. The molecule has 1 fully saturated rings.